The Morgan fingerprint density at radius 1 is 1.13 bits per heavy atom. The zero-order chi connectivity index (χ0) is 27.2. The Kier molecular flexibility index (Phi) is 7.52. The summed E-state index contributed by atoms with van der Waals surface area (Å²) in [6.07, 6.45) is -0.335. The minimum absolute atomic E-state index is 0.0758. The average molecular weight is 538 g/mol. The zero-order valence-corrected chi connectivity index (χ0v) is 21.1. The van der Waals surface area contributed by atoms with Gasteiger partial charge in [-0.05, 0) is 49.1 Å². The molecule has 3 aromatic rings. The van der Waals surface area contributed by atoms with Gasteiger partial charge in [-0.2, -0.15) is 0 Å². The van der Waals surface area contributed by atoms with Gasteiger partial charge in [-0.1, -0.05) is 18.2 Å². The van der Waals surface area contributed by atoms with Crippen molar-refractivity contribution in [1.82, 2.24) is 14.8 Å². The van der Waals surface area contributed by atoms with Crippen LogP contribution in [-0.2, 0) is 6.42 Å². The number of nitrogens with zero attached hydrogens (tertiary/aromatic N) is 2. The lowest BCUT2D eigenvalue weighted by atomic mass is 9.85. The van der Waals surface area contributed by atoms with Crippen LogP contribution in [0.15, 0.2) is 36.4 Å². The van der Waals surface area contributed by atoms with Crippen LogP contribution in [0.3, 0.4) is 0 Å². The van der Waals surface area contributed by atoms with Crippen molar-refractivity contribution in [3.05, 3.63) is 70.4 Å². The maximum absolute atomic E-state index is 15.8. The number of aliphatic hydroxyl groups excluding tert-OH is 2. The number of likely N-dealkylation sites (tertiary alicyclic amines) is 1. The van der Waals surface area contributed by atoms with E-state index in [4.69, 9.17) is 0 Å². The number of nitrogens with one attached hydrogen (secondary N) is 1. The van der Waals surface area contributed by atoms with E-state index >= 15 is 8.78 Å². The van der Waals surface area contributed by atoms with E-state index in [2.05, 4.69) is 4.98 Å². The summed E-state index contributed by atoms with van der Waals surface area (Å²) in [7, 11) is 0. The fourth-order valence-corrected chi connectivity index (χ4v) is 5.97. The SMILES string of the molecule is C[C@@H]1Cc2c([nH]c3ccccc23)C(c2c(F)cc([C@H](O)C3CN(CCCF)C3)cc2F)N1CC(F)(F)CO. The molecule has 0 saturated carbocycles. The molecule has 1 fully saturated rings. The first-order chi connectivity index (χ1) is 18.1. The van der Waals surface area contributed by atoms with E-state index < -0.39 is 55.6 Å². The lowest BCUT2D eigenvalue weighted by molar-refractivity contribution is -0.0869. The summed E-state index contributed by atoms with van der Waals surface area (Å²) in [5.74, 6) is -5.59. The van der Waals surface area contributed by atoms with Crippen molar-refractivity contribution in [3.63, 3.8) is 0 Å². The zero-order valence-electron chi connectivity index (χ0n) is 21.1. The van der Waals surface area contributed by atoms with Crippen LogP contribution in [0.5, 0.6) is 0 Å². The highest BCUT2D eigenvalue weighted by molar-refractivity contribution is 5.85. The summed E-state index contributed by atoms with van der Waals surface area (Å²) in [4.78, 5) is 6.51. The molecule has 38 heavy (non-hydrogen) atoms. The first-order valence-corrected chi connectivity index (χ1v) is 12.9. The molecular weight excluding hydrogens is 505 g/mol. The molecule has 3 heterocycles. The van der Waals surface area contributed by atoms with Crippen LogP contribution < -0.4 is 0 Å². The van der Waals surface area contributed by atoms with E-state index in [9.17, 15) is 23.4 Å². The number of hydrogen-bond acceptors (Lipinski definition) is 4. The van der Waals surface area contributed by atoms with E-state index in [0.717, 1.165) is 28.6 Å². The standard InChI is InChI=1S/C28H32F5N3O2/c1-16-9-20-19-5-2-3-6-23(19)34-25(20)26(36(16)14-28(32,33)15-37)24-21(30)10-17(11-22(24)31)27(38)18-12-35(13-18)8-4-7-29/h2-3,5-6,10-11,16,18,26-27,34,37-38H,4,7-9,12-15H2,1H3/t16-,26?,27+/m1/s1. The second-order valence-corrected chi connectivity index (χ2v) is 10.6. The minimum atomic E-state index is -3.47. The number of fused-ring (bicyclic) bond motifs is 3. The van der Waals surface area contributed by atoms with Gasteiger partial charge in [0, 0.05) is 53.8 Å². The van der Waals surface area contributed by atoms with Crippen molar-refractivity contribution in [1.29, 1.82) is 0 Å². The van der Waals surface area contributed by atoms with Gasteiger partial charge in [-0.25, -0.2) is 17.6 Å². The largest absolute Gasteiger partial charge is 0.390 e. The molecule has 1 aromatic heterocycles. The van der Waals surface area contributed by atoms with E-state index in [-0.39, 0.29) is 17.0 Å². The minimum Gasteiger partial charge on any atom is -0.390 e. The van der Waals surface area contributed by atoms with Crippen LogP contribution >= 0.6 is 0 Å². The van der Waals surface area contributed by atoms with Crippen molar-refractivity contribution in [2.45, 2.75) is 43.9 Å². The summed E-state index contributed by atoms with van der Waals surface area (Å²) in [5, 5.41) is 20.9. The van der Waals surface area contributed by atoms with E-state index in [1.807, 2.05) is 29.2 Å². The quantitative estimate of drug-likeness (QED) is 0.346. The number of aromatic nitrogens is 1. The van der Waals surface area contributed by atoms with Gasteiger partial charge in [-0.15, -0.1) is 0 Å². The number of H-pyrrole nitrogens is 1. The molecule has 0 radical (unpaired) electrons. The molecule has 3 N–H and O–H groups in total. The second-order valence-electron chi connectivity index (χ2n) is 10.6. The van der Waals surface area contributed by atoms with Crippen molar-refractivity contribution < 1.29 is 32.2 Å². The molecule has 5 rings (SSSR count). The Labute approximate surface area is 217 Å². The lowest BCUT2D eigenvalue weighted by Gasteiger charge is -2.43. The van der Waals surface area contributed by atoms with Gasteiger partial charge in [-0.3, -0.25) is 9.29 Å². The summed E-state index contributed by atoms with van der Waals surface area (Å²) in [6, 6.07) is 7.84. The number of aromatic amines is 1. The third-order valence-electron chi connectivity index (χ3n) is 7.92. The van der Waals surface area contributed by atoms with Crippen molar-refractivity contribution in [3.8, 4) is 0 Å². The van der Waals surface area contributed by atoms with Crippen LogP contribution in [0.2, 0.25) is 0 Å². The van der Waals surface area contributed by atoms with E-state index in [0.29, 0.717) is 38.2 Å². The predicted molar refractivity (Wildman–Crippen MR) is 134 cm³/mol. The Hall–Kier alpha value is -2.53. The Balaban J connectivity index is 1.53. The van der Waals surface area contributed by atoms with Gasteiger partial charge in [0.05, 0.1) is 25.4 Å². The summed E-state index contributed by atoms with van der Waals surface area (Å²) >= 11 is 0. The van der Waals surface area contributed by atoms with Crippen molar-refractivity contribution in [2.75, 3.05) is 39.5 Å². The van der Waals surface area contributed by atoms with Crippen LogP contribution in [0.4, 0.5) is 22.0 Å². The molecular formula is C28H32F5N3O2. The fraction of sp³-hybridized carbons (Fsp3) is 0.500. The molecule has 0 bridgehead atoms. The van der Waals surface area contributed by atoms with Gasteiger partial charge < -0.3 is 20.1 Å². The van der Waals surface area contributed by atoms with Gasteiger partial charge in [0.25, 0.3) is 5.92 Å². The van der Waals surface area contributed by atoms with Gasteiger partial charge in [0.1, 0.15) is 18.2 Å². The van der Waals surface area contributed by atoms with Crippen LogP contribution in [-0.4, -0.2) is 76.4 Å². The third-order valence-corrected chi connectivity index (χ3v) is 7.92. The molecule has 2 aliphatic heterocycles. The lowest BCUT2D eigenvalue weighted by Crippen LogP contribution is -2.50. The Morgan fingerprint density at radius 2 is 1.82 bits per heavy atom. The average Bonchev–Trinajstić information content (AvgIpc) is 3.22. The van der Waals surface area contributed by atoms with Gasteiger partial charge in [0.2, 0.25) is 0 Å². The molecule has 1 saturated heterocycles. The number of hydrogen-bond donors (Lipinski definition) is 3. The number of halogens is 5. The number of alkyl halides is 3. The highest BCUT2D eigenvalue weighted by atomic mass is 19.3. The Bertz CT molecular complexity index is 1270. The number of benzene rings is 2. The number of para-hydroxylation sites is 1. The van der Waals surface area contributed by atoms with E-state index in [1.165, 1.54) is 4.90 Å². The third kappa shape index (κ3) is 4.95. The molecule has 3 atom stereocenters. The predicted octanol–water partition coefficient (Wildman–Crippen LogP) is 4.73. The number of aliphatic hydroxyl groups is 2. The normalized spacial score (nSPS) is 22.0. The number of rotatable bonds is 9. The van der Waals surface area contributed by atoms with Crippen molar-refractivity contribution >= 4 is 10.9 Å². The molecule has 0 amide bonds. The first kappa shape index (κ1) is 27.1. The highest BCUT2D eigenvalue weighted by Crippen LogP contribution is 2.44. The highest BCUT2D eigenvalue weighted by Gasteiger charge is 2.44. The molecule has 5 nitrogen and oxygen atoms in total. The molecule has 10 heteroatoms. The van der Waals surface area contributed by atoms with Gasteiger partial charge >= 0.3 is 0 Å². The van der Waals surface area contributed by atoms with Gasteiger partial charge in [0.15, 0.2) is 0 Å². The van der Waals surface area contributed by atoms with Crippen molar-refractivity contribution in [2.24, 2.45) is 5.92 Å². The maximum atomic E-state index is 15.8. The molecule has 0 spiro atoms. The second kappa shape index (κ2) is 10.6. The van der Waals surface area contributed by atoms with Crippen LogP contribution in [0.25, 0.3) is 10.9 Å². The fourth-order valence-electron chi connectivity index (χ4n) is 5.97. The molecule has 0 aliphatic carbocycles. The maximum Gasteiger partial charge on any atom is 0.283 e. The van der Waals surface area contributed by atoms with E-state index in [1.54, 1.807) is 6.92 Å². The van der Waals surface area contributed by atoms with Crippen LogP contribution in [0.1, 0.15) is 47.9 Å². The van der Waals surface area contributed by atoms with Crippen LogP contribution in [0, 0.1) is 17.6 Å². The summed E-state index contributed by atoms with van der Waals surface area (Å²) < 4.78 is 72.8. The summed E-state index contributed by atoms with van der Waals surface area (Å²) in [5.41, 5.74) is 1.68. The molecule has 2 aliphatic rings. The first-order valence-electron chi connectivity index (χ1n) is 12.9. The smallest absolute Gasteiger partial charge is 0.283 e. The molecule has 206 valence electrons. The topological polar surface area (TPSA) is 62.7 Å². The molecule has 1 unspecified atom stereocenters. The monoisotopic (exact) mass is 537 g/mol. The molecule has 2 aromatic carbocycles. The Morgan fingerprint density at radius 3 is 2.47 bits per heavy atom. The summed E-state index contributed by atoms with van der Waals surface area (Å²) in [6.45, 7) is 0.573.